The average Bonchev–Trinajstić information content (AvgIpc) is 2.03. The molecule has 12 heavy (non-hydrogen) atoms. The minimum atomic E-state index is 0.704. The predicted molar refractivity (Wildman–Crippen MR) is 56.4 cm³/mol. The predicted octanol–water partition coefficient (Wildman–Crippen LogP) is 3.06. The van der Waals surface area contributed by atoms with Crippen molar-refractivity contribution in [3.05, 3.63) is 0 Å². The third-order valence-corrected chi connectivity index (χ3v) is 2.74. The van der Waals surface area contributed by atoms with E-state index in [1.165, 1.54) is 19.3 Å². The van der Waals surface area contributed by atoms with Crippen molar-refractivity contribution in [1.82, 2.24) is 5.32 Å². The second-order valence-corrected chi connectivity index (χ2v) is 4.02. The Morgan fingerprint density at radius 2 is 1.75 bits per heavy atom. The highest BCUT2D eigenvalue weighted by molar-refractivity contribution is 4.76. The summed E-state index contributed by atoms with van der Waals surface area (Å²) in [5.74, 6) is 1.62. The Bertz CT molecular complexity index is 99.2. The summed E-state index contributed by atoms with van der Waals surface area (Å²) in [5, 5.41) is 3.44. The largest absolute Gasteiger partial charge is 0.316 e. The lowest BCUT2D eigenvalue weighted by atomic mass is 9.85. The molecule has 0 saturated heterocycles. The van der Waals surface area contributed by atoms with Crippen LogP contribution in [0.2, 0.25) is 0 Å². The fourth-order valence-corrected chi connectivity index (χ4v) is 2.12. The molecular weight excluding hydrogens is 146 g/mol. The van der Waals surface area contributed by atoms with Gasteiger partial charge in [0.15, 0.2) is 0 Å². The molecular formula is C11H25N. The van der Waals surface area contributed by atoms with E-state index in [-0.39, 0.29) is 0 Å². The van der Waals surface area contributed by atoms with Crippen molar-refractivity contribution in [3.63, 3.8) is 0 Å². The summed E-state index contributed by atoms with van der Waals surface area (Å²) in [6.07, 6.45) is 3.97. The third-order valence-electron chi connectivity index (χ3n) is 2.74. The fourth-order valence-electron chi connectivity index (χ4n) is 2.12. The zero-order valence-electron chi connectivity index (χ0n) is 9.35. The zero-order chi connectivity index (χ0) is 9.56. The van der Waals surface area contributed by atoms with Crippen LogP contribution in [-0.2, 0) is 0 Å². The number of nitrogens with one attached hydrogen (secondary N) is 1. The van der Waals surface area contributed by atoms with Crippen LogP contribution in [0.5, 0.6) is 0 Å². The standard InChI is InChI=1S/C11H25N/c1-6-8-10(7-2)11(12-5)9(3)4/h9-12H,6-8H2,1-5H3. The van der Waals surface area contributed by atoms with Crippen LogP contribution in [-0.4, -0.2) is 13.1 Å². The molecule has 0 aromatic heterocycles. The summed E-state index contributed by atoms with van der Waals surface area (Å²) in [4.78, 5) is 0. The minimum Gasteiger partial charge on any atom is -0.316 e. The van der Waals surface area contributed by atoms with Gasteiger partial charge in [0.25, 0.3) is 0 Å². The minimum absolute atomic E-state index is 0.704. The second-order valence-electron chi connectivity index (χ2n) is 4.02. The van der Waals surface area contributed by atoms with Crippen LogP contribution >= 0.6 is 0 Å². The van der Waals surface area contributed by atoms with Gasteiger partial charge in [-0.05, 0) is 25.3 Å². The van der Waals surface area contributed by atoms with Crippen molar-refractivity contribution in [2.24, 2.45) is 11.8 Å². The lowest BCUT2D eigenvalue weighted by molar-refractivity contribution is 0.274. The molecule has 1 heteroatoms. The Kier molecular flexibility index (Phi) is 6.45. The van der Waals surface area contributed by atoms with Crippen LogP contribution in [0.1, 0.15) is 47.0 Å². The lowest BCUT2D eigenvalue weighted by Gasteiger charge is -2.29. The summed E-state index contributed by atoms with van der Waals surface area (Å²) >= 11 is 0. The van der Waals surface area contributed by atoms with Gasteiger partial charge in [-0.15, -0.1) is 0 Å². The van der Waals surface area contributed by atoms with Gasteiger partial charge in [-0.25, -0.2) is 0 Å². The Labute approximate surface area is 77.9 Å². The van der Waals surface area contributed by atoms with Crippen LogP contribution in [0.15, 0.2) is 0 Å². The summed E-state index contributed by atoms with van der Waals surface area (Å²) in [6, 6.07) is 0.704. The SMILES string of the molecule is CCCC(CC)C(NC)C(C)C. The Morgan fingerprint density at radius 1 is 1.17 bits per heavy atom. The van der Waals surface area contributed by atoms with Crippen LogP contribution in [0.25, 0.3) is 0 Å². The van der Waals surface area contributed by atoms with E-state index in [1.54, 1.807) is 0 Å². The van der Waals surface area contributed by atoms with E-state index >= 15 is 0 Å². The van der Waals surface area contributed by atoms with Crippen LogP contribution in [0.4, 0.5) is 0 Å². The Balaban J connectivity index is 4.02. The van der Waals surface area contributed by atoms with Gasteiger partial charge >= 0.3 is 0 Å². The van der Waals surface area contributed by atoms with E-state index in [4.69, 9.17) is 0 Å². The Morgan fingerprint density at radius 3 is 2.00 bits per heavy atom. The van der Waals surface area contributed by atoms with Gasteiger partial charge < -0.3 is 5.32 Å². The normalized spacial score (nSPS) is 16.5. The van der Waals surface area contributed by atoms with E-state index in [1.807, 2.05) is 0 Å². The molecule has 0 heterocycles. The topological polar surface area (TPSA) is 12.0 Å². The molecule has 0 aromatic carbocycles. The highest BCUT2D eigenvalue weighted by atomic mass is 14.9. The van der Waals surface area contributed by atoms with Crippen molar-refractivity contribution in [1.29, 1.82) is 0 Å². The maximum Gasteiger partial charge on any atom is 0.0115 e. The zero-order valence-corrected chi connectivity index (χ0v) is 9.35. The van der Waals surface area contributed by atoms with Crippen molar-refractivity contribution in [3.8, 4) is 0 Å². The number of hydrogen-bond donors (Lipinski definition) is 1. The molecule has 0 bridgehead atoms. The molecule has 0 spiro atoms. The first-order valence-electron chi connectivity index (χ1n) is 5.34. The van der Waals surface area contributed by atoms with Crippen LogP contribution < -0.4 is 5.32 Å². The maximum absolute atomic E-state index is 3.44. The number of hydrogen-bond acceptors (Lipinski definition) is 1. The molecule has 0 rings (SSSR count). The molecule has 0 aromatic rings. The van der Waals surface area contributed by atoms with Gasteiger partial charge in [0.1, 0.15) is 0 Å². The van der Waals surface area contributed by atoms with E-state index < -0.39 is 0 Å². The van der Waals surface area contributed by atoms with Gasteiger partial charge in [0.05, 0.1) is 0 Å². The van der Waals surface area contributed by atoms with Gasteiger partial charge in [0.2, 0.25) is 0 Å². The highest BCUT2D eigenvalue weighted by Gasteiger charge is 2.20. The molecule has 2 atom stereocenters. The molecule has 0 aliphatic carbocycles. The summed E-state index contributed by atoms with van der Waals surface area (Å²) in [5.41, 5.74) is 0. The summed E-state index contributed by atoms with van der Waals surface area (Å²) < 4.78 is 0. The molecule has 1 nitrogen and oxygen atoms in total. The number of rotatable bonds is 6. The van der Waals surface area contributed by atoms with E-state index in [0.29, 0.717) is 6.04 Å². The lowest BCUT2D eigenvalue weighted by Crippen LogP contribution is -2.37. The third kappa shape index (κ3) is 3.57. The van der Waals surface area contributed by atoms with Crippen LogP contribution in [0.3, 0.4) is 0 Å². The van der Waals surface area contributed by atoms with E-state index in [2.05, 4.69) is 40.1 Å². The fraction of sp³-hybridized carbons (Fsp3) is 1.00. The molecule has 0 aliphatic heterocycles. The van der Waals surface area contributed by atoms with Gasteiger partial charge in [-0.1, -0.05) is 40.5 Å². The first kappa shape index (κ1) is 12.0. The average molecular weight is 171 g/mol. The Hall–Kier alpha value is -0.0400. The molecule has 0 saturated carbocycles. The van der Waals surface area contributed by atoms with Crippen LogP contribution in [0, 0.1) is 11.8 Å². The second kappa shape index (κ2) is 6.47. The summed E-state index contributed by atoms with van der Waals surface area (Å²) in [6.45, 7) is 9.18. The van der Waals surface area contributed by atoms with Crippen molar-refractivity contribution in [2.45, 2.75) is 53.0 Å². The van der Waals surface area contributed by atoms with Gasteiger partial charge in [0, 0.05) is 6.04 Å². The first-order chi connectivity index (χ1) is 5.67. The molecule has 2 unspecified atom stereocenters. The van der Waals surface area contributed by atoms with E-state index in [9.17, 15) is 0 Å². The molecule has 74 valence electrons. The van der Waals surface area contributed by atoms with Crippen molar-refractivity contribution < 1.29 is 0 Å². The molecule has 0 fully saturated rings. The molecule has 0 aliphatic rings. The molecule has 1 N–H and O–H groups in total. The molecule has 0 radical (unpaired) electrons. The monoisotopic (exact) mass is 171 g/mol. The summed E-state index contributed by atoms with van der Waals surface area (Å²) in [7, 11) is 2.09. The quantitative estimate of drug-likeness (QED) is 0.647. The van der Waals surface area contributed by atoms with Crippen molar-refractivity contribution in [2.75, 3.05) is 7.05 Å². The van der Waals surface area contributed by atoms with Gasteiger partial charge in [-0.2, -0.15) is 0 Å². The molecule has 0 amide bonds. The first-order valence-corrected chi connectivity index (χ1v) is 5.34. The highest BCUT2D eigenvalue weighted by Crippen LogP contribution is 2.20. The smallest absolute Gasteiger partial charge is 0.0115 e. The maximum atomic E-state index is 3.44. The van der Waals surface area contributed by atoms with E-state index in [0.717, 1.165) is 11.8 Å². The van der Waals surface area contributed by atoms with Crippen molar-refractivity contribution >= 4 is 0 Å². The van der Waals surface area contributed by atoms with Gasteiger partial charge in [-0.3, -0.25) is 0 Å².